The molecule has 0 radical (unpaired) electrons. The molecule has 1 aliphatic rings. The number of H-pyrrole nitrogens is 1. The number of nitrogens with zero attached hydrogens (tertiary/aromatic N) is 1. The lowest BCUT2D eigenvalue weighted by Gasteiger charge is -2.33. The summed E-state index contributed by atoms with van der Waals surface area (Å²) < 4.78 is 0. The van der Waals surface area contributed by atoms with Gasteiger partial charge < -0.3 is 10.1 Å². The number of hydrogen-bond donors (Lipinski definition) is 2. The van der Waals surface area contributed by atoms with Crippen molar-refractivity contribution in [3.8, 4) is 0 Å². The van der Waals surface area contributed by atoms with E-state index in [0.717, 1.165) is 54.9 Å². The number of carbonyl (C=O) groups is 1. The van der Waals surface area contributed by atoms with Crippen LogP contribution in [0.15, 0.2) is 35.3 Å². The maximum absolute atomic E-state index is 12.1. The number of rotatable bonds is 4. The number of piperidine rings is 1. The first-order chi connectivity index (χ1) is 12.0. The number of likely N-dealkylation sites (tertiary alicyclic amines) is 1. The zero-order chi connectivity index (χ0) is 18.0. The maximum atomic E-state index is 12.1. The summed E-state index contributed by atoms with van der Waals surface area (Å²) >= 11 is 0. The minimum Gasteiger partial charge on any atom is -0.478 e. The standard InChI is InChI=1S/C20H24N2O3/c1-13-10-21-18(14(2)19(13)23)12-22-8-4-7-17(11-22)15-5-3-6-16(9-15)20(24)25/h3,5-6,9-10,17H,4,7-8,11-12H2,1-2H3,(H,21,23)(H,24,25). The van der Waals surface area contributed by atoms with Crippen LogP contribution in [0.5, 0.6) is 0 Å². The molecular weight excluding hydrogens is 316 g/mol. The van der Waals surface area contributed by atoms with Gasteiger partial charge in [0.2, 0.25) is 0 Å². The predicted molar refractivity (Wildman–Crippen MR) is 97.2 cm³/mol. The molecule has 132 valence electrons. The monoisotopic (exact) mass is 340 g/mol. The van der Waals surface area contributed by atoms with Gasteiger partial charge in [-0.1, -0.05) is 12.1 Å². The molecule has 1 atom stereocenters. The number of carboxylic acids is 1. The van der Waals surface area contributed by atoms with E-state index in [1.54, 1.807) is 18.3 Å². The van der Waals surface area contributed by atoms with E-state index in [2.05, 4.69) is 9.88 Å². The fourth-order valence-electron chi connectivity index (χ4n) is 3.59. The van der Waals surface area contributed by atoms with E-state index >= 15 is 0 Å². The number of aromatic carboxylic acids is 1. The van der Waals surface area contributed by atoms with Crippen LogP contribution in [0.1, 0.15) is 51.5 Å². The van der Waals surface area contributed by atoms with E-state index in [1.807, 2.05) is 26.0 Å². The van der Waals surface area contributed by atoms with Crippen molar-refractivity contribution in [2.45, 2.75) is 39.2 Å². The molecule has 0 saturated carbocycles. The molecule has 2 heterocycles. The van der Waals surface area contributed by atoms with Crippen molar-refractivity contribution >= 4 is 5.97 Å². The van der Waals surface area contributed by atoms with E-state index in [9.17, 15) is 14.7 Å². The number of aromatic amines is 1. The Morgan fingerprint density at radius 3 is 2.92 bits per heavy atom. The number of carboxylic acid groups (broad SMARTS) is 1. The molecule has 0 aliphatic carbocycles. The van der Waals surface area contributed by atoms with Crippen molar-refractivity contribution < 1.29 is 9.90 Å². The zero-order valence-corrected chi connectivity index (χ0v) is 14.7. The molecule has 3 rings (SSSR count). The molecule has 1 fully saturated rings. The Morgan fingerprint density at radius 2 is 2.16 bits per heavy atom. The van der Waals surface area contributed by atoms with Gasteiger partial charge >= 0.3 is 5.97 Å². The Morgan fingerprint density at radius 1 is 1.36 bits per heavy atom. The Labute approximate surface area is 147 Å². The SMILES string of the molecule is Cc1c[nH]c(CN2CCCC(c3cccc(C(=O)O)c3)C2)c(C)c1=O. The summed E-state index contributed by atoms with van der Waals surface area (Å²) in [6, 6.07) is 7.25. The second kappa shape index (κ2) is 7.23. The summed E-state index contributed by atoms with van der Waals surface area (Å²) in [4.78, 5) is 28.9. The number of nitrogens with one attached hydrogen (secondary N) is 1. The second-order valence-corrected chi connectivity index (χ2v) is 6.91. The van der Waals surface area contributed by atoms with Gasteiger partial charge in [-0.25, -0.2) is 4.79 Å². The van der Waals surface area contributed by atoms with Crippen molar-refractivity contribution in [2.75, 3.05) is 13.1 Å². The highest BCUT2D eigenvalue weighted by atomic mass is 16.4. The van der Waals surface area contributed by atoms with Crippen molar-refractivity contribution in [3.05, 3.63) is 68.6 Å². The summed E-state index contributed by atoms with van der Waals surface area (Å²) in [6.07, 6.45) is 3.91. The van der Waals surface area contributed by atoms with Crippen LogP contribution < -0.4 is 5.43 Å². The molecule has 1 aromatic heterocycles. The Hall–Kier alpha value is -2.40. The van der Waals surface area contributed by atoms with Gasteiger partial charge in [0, 0.05) is 36.1 Å². The first-order valence-electron chi connectivity index (χ1n) is 8.69. The van der Waals surface area contributed by atoms with Gasteiger partial charge in [0.05, 0.1) is 5.56 Å². The van der Waals surface area contributed by atoms with E-state index in [-0.39, 0.29) is 5.43 Å². The third-order valence-electron chi connectivity index (χ3n) is 5.11. The van der Waals surface area contributed by atoms with Gasteiger partial charge in [-0.2, -0.15) is 0 Å². The minimum absolute atomic E-state index is 0.108. The van der Waals surface area contributed by atoms with Gasteiger partial charge in [0.15, 0.2) is 5.43 Å². The predicted octanol–water partition coefficient (Wildman–Crippen LogP) is 3.07. The summed E-state index contributed by atoms with van der Waals surface area (Å²) in [7, 11) is 0. The molecule has 2 N–H and O–H groups in total. The lowest BCUT2D eigenvalue weighted by molar-refractivity contribution is 0.0696. The van der Waals surface area contributed by atoms with Gasteiger partial charge in [-0.05, 0) is 56.8 Å². The minimum atomic E-state index is -0.887. The molecule has 2 aromatic rings. The Bertz CT molecular complexity index is 841. The first kappa shape index (κ1) is 17.4. The van der Waals surface area contributed by atoms with Gasteiger partial charge in [0.1, 0.15) is 0 Å². The topological polar surface area (TPSA) is 73.4 Å². The van der Waals surface area contributed by atoms with Crippen molar-refractivity contribution in [2.24, 2.45) is 0 Å². The highest BCUT2D eigenvalue weighted by molar-refractivity contribution is 5.87. The van der Waals surface area contributed by atoms with Gasteiger partial charge in [-0.15, -0.1) is 0 Å². The van der Waals surface area contributed by atoms with Crippen LogP contribution in [-0.4, -0.2) is 34.0 Å². The van der Waals surface area contributed by atoms with E-state index in [4.69, 9.17) is 0 Å². The number of hydrogen-bond acceptors (Lipinski definition) is 3. The fourth-order valence-corrected chi connectivity index (χ4v) is 3.59. The van der Waals surface area contributed by atoms with E-state index in [1.165, 1.54) is 0 Å². The molecule has 1 saturated heterocycles. The number of aromatic nitrogens is 1. The van der Waals surface area contributed by atoms with Gasteiger partial charge in [0.25, 0.3) is 0 Å². The maximum Gasteiger partial charge on any atom is 0.335 e. The third-order valence-corrected chi connectivity index (χ3v) is 5.11. The smallest absolute Gasteiger partial charge is 0.335 e. The van der Waals surface area contributed by atoms with Crippen molar-refractivity contribution in [1.82, 2.24) is 9.88 Å². The average Bonchev–Trinajstić information content (AvgIpc) is 2.62. The van der Waals surface area contributed by atoms with Crippen LogP contribution in [-0.2, 0) is 6.54 Å². The lowest BCUT2D eigenvalue weighted by Crippen LogP contribution is -2.35. The molecule has 0 amide bonds. The van der Waals surface area contributed by atoms with E-state index in [0.29, 0.717) is 11.5 Å². The molecule has 1 aliphatic heterocycles. The molecule has 1 aromatic carbocycles. The van der Waals surface area contributed by atoms with Crippen LogP contribution in [0.3, 0.4) is 0 Å². The van der Waals surface area contributed by atoms with E-state index < -0.39 is 5.97 Å². The molecule has 0 spiro atoms. The van der Waals surface area contributed by atoms with Crippen LogP contribution in [0.2, 0.25) is 0 Å². The van der Waals surface area contributed by atoms with Crippen LogP contribution in [0.25, 0.3) is 0 Å². The quantitative estimate of drug-likeness (QED) is 0.897. The van der Waals surface area contributed by atoms with Gasteiger partial charge in [-0.3, -0.25) is 9.69 Å². The van der Waals surface area contributed by atoms with Crippen molar-refractivity contribution in [3.63, 3.8) is 0 Å². The summed E-state index contributed by atoms with van der Waals surface area (Å²) in [6.45, 7) is 6.28. The number of benzene rings is 1. The molecule has 0 bridgehead atoms. The summed E-state index contributed by atoms with van der Waals surface area (Å²) in [5.41, 5.74) is 4.03. The number of aryl methyl sites for hydroxylation is 1. The Balaban J connectivity index is 1.76. The van der Waals surface area contributed by atoms with Crippen LogP contribution in [0.4, 0.5) is 0 Å². The second-order valence-electron chi connectivity index (χ2n) is 6.91. The van der Waals surface area contributed by atoms with Crippen molar-refractivity contribution in [1.29, 1.82) is 0 Å². The summed E-state index contributed by atoms with van der Waals surface area (Å²) in [5.74, 6) is -0.562. The normalized spacial score (nSPS) is 18.2. The fraction of sp³-hybridized carbons (Fsp3) is 0.400. The van der Waals surface area contributed by atoms with Crippen LogP contribution in [0, 0.1) is 13.8 Å². The number of pyridine rings is 1. The molecule has 5 heteroatoms. The molecule has 25 heavy (non-hydrogen) atoms. The zero-order valence-electron chi connectivity index (χ0n) is 14.7. The largest absolute Gasteiger partial charge is 0.478 e. The Kier molecular flexibility index (Phi) is 5.04. The van der Waals surface area contributed by atoms with Crippen LogP contribution >= 0.6 is 0 Å². The molecule has 1 unspecified atom stereocenters. The third kappa shape index (κ3) is 3.82. The summed E-state index contributed by atoms with van der Waals surface area (Å²) in [5, 5.41) is 9.19. The first-order valence-corrected chi connectivity index (χ1v) is 8.69. The molecule has 5 nitrogen and oxygen atoms in total. The lowest BCUT2D eigenvalue weighted by atomic mass is 9.89. The molecular formula is C20H24N2O3. The highest BCUT2D eigenvalue weighted by Crippen LogP contribution is 2.28. The highest BCUT2D eigenvalue weighted by Gasteiger charge is 2.23. The average molecular weight is 340 g/mol.